The molecule has 2 fully saturated rings. The second-order valence-corrected chi connectivity index (χ2v) is 8.87. The fourth-order valence-electron chi connectivity index (χ4n) is 4.73. The smallest absolute Gasteiger partial charge is 0.335 e. The largest absolute Gasteiger partial charge is 0.478 e. The van der Waals surface area contributed by atoms with Crippen molar-refractivity contribution in [3.8, 4) is 11.4 Å². The van der Waals surface area contributed by atoms with Gasteiger partial charge in [-0.25, -0.2) is 9.78 Å². The molecule has 2 aliphatic heterocycles. The van der Waals surface area contributed by atoms with Crippen LogP contribution in [-0.2, 0) is 4.79 Å². The monoisotopic (exact) mass is 461 g/mol. The SMILES string of the molecule is O=C(O)c1ccc2nc(-c3ccc(N4CCCCC4)c(C(=O)NC(=O)[C@H]4CCCN4)c3)[nH]c2c1. The molecule has 176 valence electrons. The zero-order valence-corrected chi connectivity index (χ0v) is 18.8. The molecule has 9 heteroatoms. The van der Waals surface area contributed by atoms with Crippen LogP contribution in [0.25, 0.3) is 22.4 Å². The summed E-state index contributed by atoms with van der Waals surface area (Å²) in [5.74, 6) is -1.21. The topological polar surface area (TPSA) is 127 Å². The van der Waals surface area contributed by atoms with E-state index >= 15 is 0 Å². The summed E-state index contributed by atoms with van der Waals surface area (Å²) in [6, 6.07) is 9.92. The number of amides is 2. The number of rotatable bonds is 5. The number of fused-ring (bicyclic) bond motifs is 1. The van der Waals surface area contributed by atoms with Gasteiger partial charge in [-0.05, 0) is 75.0 Å². The molecule has 3 aromatic rings. The van der Waals surface area contributed by atoms with Crippen LogP contribution in [0.2, 0.25) is 0 Å². The van der Waals surface area contributed by atoms with Gasteiger partial charge in [0.25, 0.3) is 5.91 Å². The number of aromatic carboxylic acids is 1. The first-order valence-corrected chi connectivity index (χ1v) is 11.7. The lowest BCUT2D eigenvalue weighted by molar-refractivity contribution is -0.121. The molecule has 1 atom stereocenters. The molecule has 1 aromatic heterocycles. The van der Waals surface area contributed by atoms with E-state index in [2.05, 4.69) is 25.5 Å². The third-order valence-electron chi connectivity index (χ3n) is 6.55. The molecule has 0 bridgehead atoms. The molecule has 0 spiro atoms. The van der Waals surface area contributed by atoms with Crippen molar-refractivity contribution in [3.63, 3.8) is 0 Å². The molecular weight excluding hydrogens is 434 g/mol. The van der Waals surface area contributed by atoms with Gasteiger partial charge in [0.1, 0.15) is 5.82 Å². The van der Waals surface area contributed by atoms with Crippen LogP contribution < -0.4 is 15.5 Å². The number of nitrogens with one attached hydrogen (secondary N) is 3. The number of carboxylic acids is 1. The highest BCUT2D eigenvalue weighted by Crippen LogP contribution is 2.30. The number of aromatic nitrogens is 2. The summed E-state index contributed by atoms with van der Waals surface area (Å²) >= 11 is 0. The molecule has 4 N–H and O–H groups in total. The molecular formula is C25H27N5O4. The Labute approximate surface area is 196 Å². The van der Waals surface area contributed by atoms with Crippen LogP contribution in [0.4, 0.5) is 5.69 Å². The highest BCUT2D eigenvalue weighted by Gasteiger charge is 2.26. The van der Waals surface area contributed by atoms with Gasteiger partial charge in [-0.3, -0.25) is 14.9 Å². The van der Waals surface area contributed by atoms with Crippen LogP contribution in [0.3, 0.4) is 0 Å². The van der Waals surface area contributed by atoms with Gasteiger partial charge in [0, 0.05) is 24.3 Å². The summed E-state index contributed by atoms with van der Waals surface area (Å²) in [4.78, 5) is 47.1. The first-order chi connectivity index (χ1) is 16.5. The maximum atomic E-state index is 13.3. The molecule has 9 nitrogen and oxygen atoms in total. The highest BCUT2D eigenvalue weighted by molar-refractivity contribution is 6.09. The fourth-order valence-corrected chi connectivity index (χ4v) is 4.73. The van der Waals surface area contributed by atoms with Crippen molar-refractivity contribution >= 4 is 34.5 Å². The maximum Gasteiger partial charge on any atom is 0.335 e. The van der Waals surface area contributed by atoms with Gasteiger partial charge in [-0.1, -0.05) is 0 Å². The van der Waals surface area contributed by atoms with E-state index in [-0.39, 0.29) is 17.5 Å². The molecule has 0 saturated carbocycles. The zero-order chi connectivity index (χ0) is 23.7. The molecule has 2 amide bonds. The number of aromatic amines is 1. The molecule has 5 rings (SSSR count). The van der Waals surface area contributed by atoms with E-state index in [4.69, 9.17) is 0 Å². The molecule has 2 aromatic carbocycles. The second kappa shape index (κ2) is 9.26. The lowest BCUT2D eigenvalue weighted by atomic mass is 10.0. The molecule has 34 heavy (non-hydrogen) atoms. The Kier molecular flexibility index (Phi) is 6.02. The summed E-state index contributed by atoms with van der Waals surface area (Å²) in [6.45, 7) is 2.50. The predicted octanol–water partition coefficient (Wildman–Crippen LogP) is 2.93. The van der Waals surface area contributed by atoms with E-state index in [1.807, 2.05) is 12.1 Å². The highest BCUT2D eigenvalue weighted by atomic mass is 16.4. The van der Waals surface area contributed by atoms with Gasteiger partial charge in [-0.2, -0.15) is 0 Å². The van der Waals surface area contributed by atoms with Crippen LogP contribution in [-0.4, -0.2) is 58.5 Å². The Hall–Kier alpha value is -3.72. The Balaban J connectivity index is 1.50. The summed E-state index contributed by atoms with van der Waals surface area (Å²) < 4.78 is 0. The predicted molar refractivity (Wildman–Crippen MR) is 128 cm³/mol. The number of piperidine rings is 1. The average Bonchev–Trinajstić information content (AvgIpc) is 3.54. The van der Waals surface area contributed by atoms with Crippen LogP contribution in [0.5, 0.6) is 0 Å². The van der Waals surface area contributed by atoms with Crippen molar-refractivity contribution < 1.29 is 19.5 Å². The Morgan fingerprint density at radius 2 is 1.85 bits per heavy atom. The number of carbonyl (C=O) groups excluding carboxylic acids is 2. The van der Waals surface area contributed by atoms with Gasteiger partial charge >= 0.3 is 5.97 Å². The molecule has 0 aliphatic carbocycles. The normalized spacial score (nSPS) is 18.2. The molecule has 2 saturated heterocycles. The summed E-state index contributed by atoms with van der Waals surface area (Å²) in [6.07, 6.45) is 4.91. The quantitative estimate of drug-likeness (QED) is 0.430. The third kappa shape index (κ3) is 4.38. The van der Waals surface area contributed by atoms with E-state index in [9.17, 15) is 19.5 Å². The van der Waals surface area contributed by atoms with Gasteiger partial charge in [0.15, 0.2) is 0 Å². The zero-order valence-electron chi connectivity index (χ0n) is 18.8. The van der Waals surface area contributed by atoms with Crippen LogP contribution in [0, 0.1) is 0 Å². The number of carboxylic acid groups (broad SMARTS) is 1. The third-order valence-corrected chi connectivity index (χ3v) is 6.55. The number of anilines is 1. The van der Waals surface area contributed by atoms with Gasteiger partial charge in [0.2, 0.25) is 5.91 Å². The van der Waals surface area contributed by atoms with Crippen molar-refractivity contribution in [1.29, 1.82) is 0 Å². The summed E-state index contributed by atoms with van der Waals surface area (Å²) in [5, 5.41) is 15.0. The maximum absolute atomic E-state index is 13.3. The molecule has 2 aliphatic rings. The van der Waals surface area contributed by atoms with Crippen molar-refractivity contribution in [2.75, 3.05) is 24.5 Å². The second-order valence-electron chi connectivity index (χ2n) is 8.87. The minimum atomic E-state index is -1.01. The van der Waals surface area contributed by atoms with Crippen molar-refractivity contribution in [2.24, 2.45) is 0 Å². The Morgan fingerprint density at radius 1 is 1.03 bits per heavy atom. The minimum absolute atomic E-state index is 0.169. The van der Waals surface area contributed by atoms with E-state index in [1.54, 1.807) is 12.1 Å². The van der Waals surface area contributed by atoms with Crippen molar-refractivity contribution in [3.05, 3.63) is 47.5 Å². The van der Waals surface area contributed by atoms with Gasteiger partial charge in [-0.15, -0.1) is 0 Å². The lowest BCUT2D eigenvalue weighted by Crippen LogP contribution is -2.43. The van der Waals surface area contributed by atoms with Crippen molar-refractivity contribution in [1.82, 2.24) is 20.6 Å². The average molecular weight is 462 g/mol. The number of nitrogens with zero attached hydrogens (tertiary/aromatic N) is 2. The number of imide groups is 1. The standard InChI is InChI=1S/C25H27N5O4/c31-23(29-24(32)19-5-4-10-26-19)17-13-15(7-9-21(17)30-11-2-1-3-12-30)22-27-18-8-6-16(25(33)34)14-20(18)28-22/h6-9,13-14,19,26H,1-5,10-12H2,(H,27,28)(H,33,34)(H,29,31,32)/t19-/m1/s1. The van der Waals surface area contributed by atoms with Gasteiger partial charge in [0.05, 0.1) is 28.2 Å². The van der Waals surface area contributed by atoms with E-state index < -0.39 is 11.9 Å². The first kappa shape index (κ1) is 22.1. The Bertz CT molecular complexity index is 1260. The number of H-pyrrole nitrogens is 1. The van der Waals surface area contributed by atoms with Crippen LogP contribution in [0.15, 0.2) is 36.4 Å². The number of imidazole rings is 1. The number of benzene rings is 2. The molecule has 0 unspecified atom stereocenters. The summed E-state index contributed by atoms with van der Waals surface area (Å²) in [7, 11) is 0. The minimum Gasteiger partial charge on any atom is -0.478 e. The number of hydrogen-bond donors (Lipinski definition) is 4. The van der Waals surface area contributed by atoms with Crippen LogP contribution >= 0.6 is 0 Å². The van der Waals surface area contributed by atoms with Gasteiger partial charge < -0.3 is 20.3 Å². The van der Waals surface area contributed by atoms with E-state index in [0.717, 1.165) is 51.0 Å². The number of hydrogen-bond acceptors (Lipinski definition) is 6. The first-order valence-electron chi connectivity index (χ1n) is 11.7. The van der Waals surface area contributed by atoms with E-state index in [1.165, 1.54) is 18.6 Å². The number of carbonyl (C=O) groups is 3. The molecule has 0 radical (unpaired) electrons. The fraction of sp³-hybridized carbons (Fsp3) is 0.360. The van der Waals surface area contributed by atoms with Crippen molar-refractivity contribution in [2.45, 2.75) is 38.1 Å². The summed E-state index contributed by atoms with van der Waals surface area (Å²) in [5.41, 5.74) is 3.32. The van der Waals surface area contributed by atoms with Crippen LogP contribution in [0.1, 0.15) is 52.8 Å². The Morgan fingerprint density at radius 3 is 2.59 bits per heavy atom. The van der Waals surface area contributed by atoms with E-state index in [0.29, 0.717) is 28.0 Å². The lowest BCUT2D eigenvalue weighted by Gasteiger charge is -2.30. The molecule has 3 heterocycles.